The highest BCUT2D eigenvalue weighted by atomic mass is 16.1. The number of nitrogen functional groups attached to an aromatic ring is 1. The molecule has 0 spiro atoms. The van der Waals surface area contributed by atoms with Crippen LogP contribution in [0.2, 0.25) is 0 Å². The lowest BCUT2D eigenvalue weighted by Crippen LogP contribution is -2.12. The maximum Gasteiger partial charge on any atom is 0.280 e. The summed E-state index contributed by atoms with van der Waals surface area (Å²) in [6.45, 7) is 5.86. The van der Waals surface area contributed by atoms with E-state index in [9.17, 15) is 4.79 Å². The number of aromatic amines is 1. The van der Waals surface area contributed by atoms with Gasteiger partial charge >= 0.3 is 0 Å². The van der Waals surface area contributed by atoms with Gasteiger partial charge in [-0.3, -0.25) is 9.78 Å². The molecule has 0 atom stereocenters. The predicted molar refractivity (Wildman–Crippen MR) is 57.7 cm³/mol. The summed E-state index contributed by atoms with van der Waals surface area (Å²) in [4.78, 5) is 22.2. The molecule has 0 aliphatic carbocycles. The Balaban J connectivity index is 2.93. The molecule has 0 aliphatic heterocycles. The molecule has 0 aliphatic rings. The average molecular weight is 207 g/mol. The van der Waals surface area contributed by atoms with E-state index in [1.807, 2.05) is 25.3 Å². The van der Waals surface area contributed by atoms with Gasteiger partial charge in [-0.05, 0) is 20.8 Å². The Morgan fingerprint density at radius 3 is 2.67 bits per heavy atom. The molecule has 0 fully saturated rings. The van der Waals surface area contributed by atoms with Crippen LogP contribution in [-0.4, -0.2) is 19.5 Å². The zero-order chi connectivity index (χ0) is 11.2. The summed E-state index contributed by atoms with van der Waals surface area (Å²) in [6, 6.07) is 0.198. The van der Waals surface area contributed by atoms with Crippen LogP contribution in [0.15, 0.2) is 4.79 Å². The Morgan fingerprint density at radius 1 is 1.40 bits per heavy atom. The van der Waals surface area contributed by atoms with Crippen molar-refractivity contribution < 1.29 is 0 Å². The van der Waals surface area contributed by atoms with Gasteiger partial charge in [0.05, 0.1) is 0 Å². The van der Waals surface area contributed by atoms with Crippen LogP contribution >= 0.6 is 0 Å². The first-order valence-electron chi connectivity index (χ1n) is 4.75. The highest BCUT2D eigenvalue weighted by Gasteiger charge is 2.14. The SMILES string of the molecule is Cc1nc2c(=O)[nH]c(N)nc2n1C(C)C. The van der Waals surface area contributed by atoms with E-state index in [-0.39, 0.29) is 17.5 Å². The van der Waals surface area contributed by atoms with E-state index < -0.39 is 0 Å². The molecule has 80 valence electrons. The van der Waals surface area contributed by atoms with Crippen LogP contribution in [0.4, 0.5) is 5.95 Å². The van der Waals surface area contributed by atoms with E-state index in [4.69, 9.17) is 5.73 Å². The van der Waals surface area contributed by atoms with Crippen molar-refractivity contribution in [3.63, 3.8) is 0 Å². The van der Waals surface area contributed by atoms with Gasteiger partial charge in [-0.2, -0.15) is 4.98 Å². The first-order chi connectivity index (χ1) is 7.00. The third kappa shape index (κ3) is 1.38. The van der Waals surface area contributed by atoms with E-state index in [1.165, 1.54) is 0 Å². The summed E-state index contributed by atoms with van der Waals surface area (Å²) < 4.78 is 1.89. The fraction of sp³-hybridized carbons (Fsp3) is 0.444. The van der Waals surface area contributed by atoms with Crippen LogP contribution in [-0.2, 0) is 0 Å². The van der Waals surface area contributed by atoms with Gasteiger partial charge in [0, 0.05) is 6.04 Å². The smallest absolute Gasteiger partial charge is 0.280 e. The molecule has 0 aromatic carbocycles. The number of anilines is 1. The van der Waals surface area contributed by atoms with Crippen LogP contribution in [0.3, 0.4) is 0 Å². The van der Waals surface area contributed by atoms with Crippen LogP contribution in [0.25, 0.3) is 11.2 Å². The van der Waals surface area contributed by atoms with Gasteiger partial charge in [0.2, 0.25) is 5.95 Å². The van der Waals surface area contributed by atoms with E-state index in [1.54, 1.807) is 0 Å². The van der Waals surface area contributed by atoms with Crippen molar-refractivity contribution >= 4 is 17.1 Å². The number of H-pyrrole nitrogens is 1. The minimum Gasteiger partial charge on any atom is -0.369 e. The summed E-state index contributed by atoms with van der Waals surface area (Å²) >= 11 is 0. The summed E-state index contributed by atoms with van der Waals surface area (Å²) in [5, 5.41) is 0. The zero-order valence-electron chi connectivity index (χ0n) is 8.90. The second kappa shape index (κ2) is 3.08. The standard InChI is InChI=1S/C9H13N5O/c1-4(2)14-5(3)11-6-7(14)12-9(10)13-8(6)15/h4H,1-3H3,(H3,10,12,13,15). The summed E-state index contributed by atoms with van der Waals surface area (Å²) in [6.07, 6.45) is 0. The molecule has 2 aromatic rings. The van der Waals surface area contributed by atoms with Gasteiger partial charge < -0.3 is 10.3 Å². The molecule has 0 amide bonds. The van der Waals surface area contributed by atoms with Crippen LogP contribution in [0.1, 0.15) is 25.7 Å². The quantitative estimate of drug-likeness (QED) is 0.716. The predicted octanol–water partition coefficient (Wildman–Crippen LogP) is 0.591. The van der Waals surface area contributed by atoms with E-state index in [0.29, 0.717) is 11.2 Å². The molecule has 2 aromatic heterocycles. The maximum absolute atomic E-state index is 11.5. The first-order valence-corrected chi connectivity index (χ1v) is 4.75. The fourth-order valence-corrected chi connectivity index (χ4v) is 1.73. The van der Waals surface area contributed by atoms with Crippen molar-refractivity contribution in [3.8, 4) is 0 Å². The minimum atomic E-state index is -0.292. The molecule has 6 nitrogen and oxygen atoms in total. The van der Waals surface area contributed by atoms with E-state index >= 15 is 0 Å². The highest BCUT2D eigenvalue weighted by Crippen LogP contribution is 2.16. The summed E-state index contributed by atoms with van der Waals surface area (Å²) in [7, 11) is 0. The number of imidazole rings is 1. The van der Waals surface area contributed by atoms with Crippen LogP contribution in [0.5, 0.6) is 0 Å². The number of fused-ring (bicyclic) bond motifs is 1. The molecule has 0 bridgehead atoms. The van der Waals surface area contributed by atoms with Crippen LogP contribution in [0, 0.1) is 6.92 Å². The summed E-state index contributed by atoms with van der Waals surface area (Å²) in [5.41, 5.74) is 6.09. The number of aromatic nitrogens is 4. The van der Waals surface area contributed by atoms with Gasteiger partial charge in [-0.15, -0.1) is 0 Å². The van der Waals surface area contributed by atoms with Gasteiger partial charge in [0.25, 0.3) is 5.56 Å². The zero-order valence-corrected chi connectivity index (χ0v) is 8.90. The lowest BCUT2D eigenvalue weighted by Gasteiger charge is -2.09. The van der Waals surface area contributed by atoms with Crippen molar-refractivity contribution in [1.82, 2.24) is 19.5 Å². The van der Waals surface area contributed by atoms with Gasteiger partial charge in [0.1, 0.15) is 5.82 Å². The summed E-state index contributed by atoms with van der Waals surface area (Å²) in [5.74, 6) is 0.887. The lowest BCUT2D eigenvalue weighted by molar-refractivity contribution is 0.595. The largest absolute Gasteiger partial charge is 0.369 e. The molecule has 0 unspecified atom stereocenters. The molecule has 6 heteroatoms. The molecule has 0 radical (unpaired) electrons. The number of nitrogens with zero attached hydrogens (tertiary/aromatic N) is 3. The number of hydrogen-bond acceptors (Lipinski definition) is 4. The Kier molecular flexibility index (Phi) is 1.99. The normalized spacial score (nSPS) is 11.5. The minimum absolute atomic E-state index is 0.120. The van der Waals surface area contributed by atoms with Crippen molar-refractivity contribution in [3.05, 3.63) is 16.2 Å². The molecular weight excluding hydrogens is 194 g/mol. The third-order valence-corrected chi connectivity index (χ3v) is 2.26. The molecule has 0 saturated carbocycles. The second-order valence-electron chi connectivity index (χ2n) is 3.75. The van der Waals surface area contributed by atoms with E-state index in [2.05, 4.69) is 15.0 Å². The Bertz CT molecular complexity index is 566. The van der Waals surface area contributed by atoms with Crippen molar-refractivity contribution in [1.29, 1.82) is 0 Å². The van der Waals surface area contributed by atoms with Gasteiger partial charge in [-0.25, -0.2) is 4.98 Å². The van der Waals surface area contributed by atoms with Crippen molar-refractivity contribution in [2.75, 3.05) is 5.73 Å². The van der Waals surface area contributed by atoms with Crippen molar-refractivity contribution in [2.45, 2.75) is 26.8 Å². The highest BCUT2D eigenvalue weighted by molar-refractivity contribution is 5.71. The molecular formula is C9H13N5O. The Hall–Kier alpha value is -1.85. The number of aryl methyl sites for hydroxylation is 1. The topological polar surface area (TPSA) is 89.6 Å². The molecule has 15 heavy (non-hydrogen) atoms. The molecule has 2 rings (SSSR count). The van der Waals surface area contributed by atoms with Gasteiger partial charge in [0.15, 0.2) is 11.2 Å². The van der Waals surface area contributed by atoms with E-state index in [0.717, 1.165) is 5.82 Å². The lowest BCUT2D eigenvalue weighted by atomic mass is 10.4. The first kappa shape index (κ1) is 9.70. The molecule has 3 N–H and O–H groups in total. The van der Waals surface area contributed by atoms with Gasteiger partial charge in [-0.1, -0.05) is 0 Å². The Morgan fingerprint density at radius 2 is 2.07 bits per heavy atom. The fourth-order valence-electron chi connectivity index (χ4n) is 1.73. The van der Waals surface area contributed by atoms with Crippen LogP contribution < -0.4 is 11.3 Å². The van der Waals surface area contributed by atoms with Crippen molar-refractivity contribution in [2.24, 2.45) is 0 Å². The Labute approximate surface area is 86.2 Å². The average Bonchev–Trinajstić information content (AvgIpc) is 2.41. The third-order valence-electron chi connectivity index (χ3n) is 2.26. The molecule has 2 heterocycles. The maximum atomic E-state index is 11.5. The number of rotatable bonds is 1. The molecule has 0 saturated heterocycles. The number of hydrogen-bond donors (Lipinski definition) is 2. The monoisotopic (exact) mass is 207 g/mol. The number of nitrogens with one attached hydrogen (secondary N) is 1. The second-order valence-corrected chi connectivity index (χ2v) is 3.75. The number of nitrogens with two attached hydrogens (primary N) is 1.